The van der Waals surface area contributed by atoms with E-state index in [4.69, 9.17) is 23.2 Å². The van der Waals surface area contributed by atoms with Gasteiger partial charge in [-0.1, -0.05) is 35.3 Å². The third-order valence-corrected chi connectivity index (χ3v) is 3.74. The number of ketones is 1. The number of hydrogen-bond acceptors (Lipinski definition) is 2. The molecule has 0 aliphatic carbocycles. The van der Waals surface area contributed by atoms with Crippen molar-refractivity contribution in [1.82, 2.24) is 4.90 Å². The molecule has 0 amide bonds. The molecule has 0 saturated heterocycles. The average Bonchev–Trinajstić information content (AvgIpc) is 2.41. The summed E-state index contributed by atoms with van der Waals surface area (Å²) in [4.78, 5) is 14.0. The van der Waals surface area contributed by atoms with Crippen LogP contribution in [0.1, 0.15) is 15.9 Å². The maximum Gasteiger partial charge on any atom is 0.176 e. The topological polar surface area (TPSA) is 20.3 Å². The highest BCUT2D eigenvalue weighted by molar-refractivity contribution is 6.42. The molecule has 0 heterocycles. The number of Topliss-reactive ketones (excluding diaryl/α,β-unsaturated/α-hetero) is 1. The number of likely N-dealkylation sites (N-methyl/N-ethyl adjacent to an activating group) is 1. The Bertz CT molecular complexity index is 660. The van der Waals surface area contributed by atoms with Crippen molar-refractivity contribution in [3.8, 4) is 0 Å². The molecule has 2 nitrogen and oxygen atoms in total. The smallest absolute Gasteiger partial charge is 0.176 e. The van der Waals surface area contributed by atoms with Crippen LogP contribution < -0.4 is 0 Å². The van der Waals surface area contributed by atoms with Gasteiger partial charge in [-0.05, 0) is 42.9 Å². The number of carbonyl (C=O) groups is 1. The predicted molar refractivity (Wildman–Crippen MR) is 83.5 cm³/mol. The standard InChI is InChI=1S/C16H14Cl2FNO/c1-20(9-11-3-2-4-13(19)7-11)10-16(21)12-5-6-14(17)15(18)8-12/h2-8H,9-10H2,1H3. The molecule has 0 atom stereocenters. The zero-order chi connectivity index (χ0) is 15.4. The van der Waals surface area contributed by atoms with Crippen LogP contribution in [0.3, 0.4) is 0 Å². The molecule has 2 rings (SSSR count). The summed E-state index contributed by atoms with van der Waals surface area (Å²) in [5.74, 6) is -0.343. The summed E-state index contributed by atoms with van der Waals surface area (Å²) in [5, 5.41) is 0.775. The first-order valence-electron chi connectivity index (χ1n) is 6.37. The third-order valence-electron chi connectivity index (χ3n) is 3.00. The molecule has 0 spiro atoms. The lowest BCUT2D eigenvalue weighted by Gasteiger charge is -2.16. The SMILES string of the molecule is CN(CC(=O)c1ccc(Cl)c(Cl)c1)Cc1cccc(F)c1. The number of nitrogens with zero attached hydrogens (tertiary/aromatic N) is 1. The van der Waals surface area contributed by atoms with Crippen molar-refractivity contribution in [2.24, 2.45) is 0 Å². The van der Waals surface area contributed by atoms with Gasteiger partial charge in [-0.2, -0.15) is 0 Å². The van der Waals surface area contributed by atoms with E-state index in [0.29, 0.717) is 22.2 Å². The Morgan fingerprint density at radius 2 is 1.90 bits per heavy atom. The Balaban J connectivity index is 2.00. The van der Waals surface area contributed by atoms with Gasteiger partial charge in [-0.15, -0.1) is 0 Å². The monoisotopic (exact) mass is 325 g/mol. The molecule has 2 aromatic carbocycles. The van der Waals surface area contributed by atoms with Crippen LogP contribution in [-0.2, 0) is 6.54 Å². The Hall–Kier alpha value is -1.42. The maximum atomic E-state index is 13.1. The first-order chi connectivity index (χ1) is 9.95. The van der Waals surface area contributed by atoms with Crippen molar-refractivity contribution in [3.05, 3.63) is 69.5 Å². The second kappa shape index (κ2) is 7.03. The van der Waals surface area contributed by atoms with E-state index in [1.54, 1.807) is 31.3 Å². The molecule has 21 heavy (non-hydrogen) atoms. The van der Waals surface area contributed by atoms with E-state index < -0.39 is 0 Å². The minimum Gasteiger partial charge on any atom is -0.295 e. The largest absolute Gasteiger partial charge is 0.295 e. The van der Waals surface area contributed by atoms with Crippen LogP contribution in [0, 0.1) is 5.82 Å². The van der Waals surface area contributed by atoms with Gasteiger partial charge >= 0.3 is 0 Å². The van der Waals surface area contributed by atoms with E-state index in [2.05, 4.69) is 0 Å². The fraction of sp³-hybridized carbons (Fsp3) is 0.188. The Morgan fingerprint density at radius 3 is 2.57 bits per heavy atom. The summed E-state index contributed by atoms with van der Waals surface area (Å²) in [6, 6.07) is 11.1. The lowest BCUT2D eigenvalue weighted by Crippen LogP contribution is -2.25. The Morgan fingerprint density at radius 1 is 1.14 bits per heavy atom. The van der Waals surface area contributed by atoms with Crippen molar-refractivity contribution < 1.29 is 9.18 Å². The van der Waals surface area contributed by atoms with Crippen LogP contribution in [0.5, 0.6) is 0 Å². The number of benzene rings is 2. The van der Waals surface area contributed by atoms with Crippen molar-refractivity contribution in [3.63, 3.8) is 0 Å². The van der Waals surface area contributed by atoms with E-state index in [1.807, 2.05) is 11.0 Å². The molecule has 5 heteroatoms. The van der Waals surface area contributed by atoms with Gasteiger partial charge in [-0.25, -0.2) is 4.39 Å². The van der Waals surface area contributed by atoms with Gasteiger partial charge < -0.3 is 0 Å². The minimum absolute atomic E-state index is 0.0625. The van der Waals surface area contributed by atoms with Gasteiger partial charge in [0.15, 0.2) is 5.78 Å². The van der Waals surface area contributed by atoms with Crippen molar-refractivity contribution in [1.29, 1.82) is 0 Å². The van der Waals surface area contributed by atoms with Crippen LogP contribution in [-0.4, -0.2) is 24.3 Å². The normalized spacial score (nSPS) is 10.9. The fourth-order valence-electron chi connectivity index (χ4n) is 2.01. The van der Waals surface area contributed by atoms with Gasteiger partial charge in [0.25, 0.3) is 0 Å². The minimum atomic E-state index is -0.281. The Labute approximate surface area is 133 Å². The van der Waals surface area contributed by atoms with Gasteiger partial charge in [-0.3, -0.25) is 9.69 Å². The quantitative estimate of drug-likeness (QED) is 0.757. The molecule has 0 aromatic heterocycles. The molecule has 0 bridgehead atoms. The van der Waals surface area contributed by atoms with E-state index in [0.717, 1.165) is 5.56 Å². The molecule has 0 aliphatic heterocycles. The highest BCUT2D eigenvalue weighted by Crippen LogP contribution is 2.22. The number of carbonyl (C=O) groups excluding carboxylic acids is 1. The molecule has 0 saturated carbocycles. The number of halogens is 3. The van der Waals surface area contributed by atoms with E-state index in [9.17, 15) is 9.18 Å². The van der Waals surface area contributed by atoms with E-state index >= 15 is 0 Å². The molecular weight excluding hydrogens is 312 g/mol. The van der Waals surface area contributed by atoms with Gasteiger partial charge in [0.05, 0.1) is 16.6 Å². The van der Waals surface area contributed by atoms with Crippen molar-refractivity contribution in [2.45, 2.75) is 6.54 Å². The summed E-state index contributed by atoms with van der Waals surface area (Å²) >= 11 is 11.7. The van der Waals surface area contributed by atoms with Crippen LogP contribution in [0.25, 0.3) is 0 Å². The molecular formula is C16H14Cl2FNO. The molecule has 2 aromatic rings. The zero-order valence-electron chi connectivity index (χ0n) is 11.4. The number of rotatable bonds is 5. The van der Waals surface area contributed by atoms with Gasteiger partial charge in [0.1, 0.15) is 5.82 Å². The van der Waals surface area contributed by atoms with Crippen LogP contribution in [0.4, 0.5) is 4.39 Å². The van der Waals surface area contributed by atoms with Crippen LogP contribution in [0.15, 0.2) is 42.5 Å². The third kappa shape index (κ3) is 4.53. The number of hydrogen-bond donors (Lipinski definition) is 0. The highest BCUT2D eigenvalue weighted by atomic mass is 35.5. The molecule has 0 unspecified atom stereocenters. The lowest BCUT2D eigenvalue weighted by molar-refractivity contribution is 0.0943. The van der Waals surface area contributed by atoms with Crippen molar-refractivity contribution >= 4 is 29.0 Å². The molecule has 0 N–H and O–H groups in total. The highest BCUT2D eigenvalue weighted by Gasteiger charge is 2.11. The summed E-state index contributed by atoms with van der Waals surface area (Å²) < 4.78 is 13.1. The van der Waals surface area contributed by atoms with Crippen LogP contribution in [0.2, 0.25) is 10.0 Å². The second-order valence-corrected chi connectivity index (χ2v) is 5.67. The predicted octanol–water partition coefficient (Wildman–Crippen LogP) is 4.45. The average molecular weight is 326 g/mol. The first-order valence-corrected chi connectivity index (χ1v) is 7.12. The lowest BCUT2D eigenvalue weighted by atomic mass is 10.1. The summed E-state index contributed by atoms with van der Waals surface area (Å²) in [6.45, 7) is 0.708. The summed E-state index contributed by atoms with van der Waals surface area (Å²) in [6.07, 6.45) is 0. The van der Waals surface area contributed by atoms with Gasteiger partial charge in [0, 0.05) is 12.1 Å². The Kier molecular flexibility index (Phi) is 5.34. The molecule has 0 aliphatic rings. The van der Waals surface area contributed by atoms with Crippen LogP contribution >= 0.6 is 23.2 Å². The summed E-state index contributed by atoms with van der Waals surface area (Å²) in [5.41, 5.74) is 1.33. The van der Waals surface area contributed by atoms with Crippen molar-refractivity contribution in [2.75, 3.05) is 13.6 Å². The maximum absolute atomic E-state index is 13.1. The first kappa shape index (κ1) is 16.0. The summed E-state index contributed by atoms with van der Waals surface area (Å²) in [7, 11) is 1.81. The zero-order valence-corrected chi connectivity index (χ0v) is 13.0. The van der Waals surface area contributed by atoms with E-state index in [1.165, 1.54) is 12.1 Å². The molecule has 0 fully saturated rings. The van der Waals surface area contributed by atoms with Gasteiger partial charge in [0.2, 0.25) is 0 Å². The van der Waals surface area contributed by atoms with E-state index in [-0.39, 0.29) is 18.1 Å². The molecule has 0 radical (unpaired) electrons. The molecule has 110 valence electrons. The fourth-order valence-corrected chi connectivity index (χ4v) is 2.31. The second-order valence-electron chi connectivity index (χ2n) is 4.85.